The molecule has 3 rings (SSSR count). The van der Waals surface area contributed by atoms with Crippen LogP contribution in [0, 0.1) is 0 Å². The van der Waals surface area contributed by atoms with Crippen LogP contribution in [0.5, 0.6) is 0 Å². The number of carbonyl (C=O) groups is 1. The van der Waals surface area contributed by atoms with Crippen LogP contribution in [-0.2, 0) is 11.2 Å². The maximum absolute atomic E-state index is 12.3. The third-order valence-electron chi connectivity index (χ3n) is 4.47. The second-order valence-electron chi connectivity index (χ2n) is 5.66. The first-order valence-corrected chi connectivity index (χ1v) is 7.59. The van der Waals surface area contributed by atoms with Crippen LogP contribution < -0.4 is 0 Å². The standard InChI is InChI=1S/C18H21NO2/c1-3-8-15-14-11-6-7-12-16(14)19(18(20)21-2)17(15)13-9-4-5-10-13/h3,6-7,11-13H,1,4-5,8-10H2,2H3. The van der Waals surface area contributed by atoms with Gasteiger partial charge in [0.2, 0.25) is 0 Å². The van der Waals surface area contributed by atoms with Crippen LogP contribution in [0.2, 0.25) is 0 Å². The van der Waals surface area contributed by atoms with Crippen LogP contribution in [0.4, 0.5) is 4.79 Å². The van der Waals surface area contributed by atoms with Gasteiger partial charge in [-0.3, -0.25) is 0 Å². The van der Waals surface area contributed by atoms with Crippen molar-refractivity contribution in [1.29, 1.82) is 0 Å². The van der Waals surface area contributed by atoms with Gasteiger partial charge in [0.05, 0.1) is 12.6 Å². The molecule has 110 valence electrons. The van der Waals surface area contributed by atoms with Gasteiger partial charge in [-0.15, -0.1) is 6.58 Å². The Balaban J connectivity index is 2.30. The summed E-state index contributed by atoms with van der Waals surface area (Å²) in [6.45, 7) is 3.88. The Labute approximate surface area is 125 Å². The molecule has 21 heavy (non-hydrogen) atoms. The van der Waals surface area contributed by atoms with Crippen molar-refractivity contribution < 1.29 is 9.53 Å². The Morgan fingerprint density at radius 2 is 2.10 bits per heavy atom. The predicted molar refractivity (Wildman–Crippen MR) is 84.9 cm³/mol. The van der Waals surface area contributed by atoms with Crippen LogP contribution in [0.1, 0.15) is 42.9 Å². The van der Waals surface area contributed by atoms with Gasteiger partial charge in [0, 0.05) is 17.0 Å². The number of benzene rings is 1. The summed E-state index contributed by atoms with van der Waals surface area (Å²) in [5, 5.41) is 1.14. The molecule has 1 heterocycles. The van der Waals surface area contributed by atoms with E-state index in [1.165, 1.54) is 25.5 Å². The quantitative estimate of drug-likeness (QED) is 0.768. The van der Waals surface area contributed by atoms with E-state index in [1.54, 1.807) is 4.57 Å². The number of hydrogen-bond donors (Lipinski definition) is 0. The van der Waals surface area contributed by atoms with E-state index in [0.717, 1.165) is 35.9 Å². The maximum Gasteiger partial charge on any atom is 0.418 e. The summed E-state index contributed by atoms with van der Waals surface area (Å²) >= 11 is 0. The van der Waals surface area contributed by atoms with E-state index in [1.807, 2.05) is 24.3 Å². The molecule has 0 amide bonds. The molecule has 3 heteroatoms. The summed E-state index contributed by atoms with van der Waals surface area (Å²) in [6, 6.07) is 8.08. The first-order valence-electron chi connectivity index (χ1n) is 7.59. The average Bonchev–Trinajstić information content (AvgIpc) is 3.13. The van der Waals surface area contributed by atoms with Gasteiger partial charge < -0.3 is 4.74 Å². The fraction of sp³-hybridized carbons (Fsp3) is 0.389. The third kappa shape index (κ3) is 2.27. The Bertz CT molecular complexity index is 678. The minimum atomic E-state index is -0.289. The topological polar surface area (TPSA) is 31.2 Å². The lowest BCUT2D eigenvalue weighted by Gasteiger charge is -2.15. The van der Waals surface area contributed by atoms with Crippen molar-refractivity contribution >= 4 is 17.0 Å². The number of rotatable bonds is 3. The molecule has 0 spiro atoms. The molecule has 1 fully saturated rings. The lowest BCUT2D eigenvalue weighted by Crippen LogP contribution is -2.16. The molecule has 1 saturated carbocycles. The van der Waals surface area contributed by atoms with E-state index in [9.17, 15) is 4.79 Å². The molecule has 0 aliphatic heterocycles. The number of ether oxygens (including phenoxy) is 1. The second-order valence-corrected chi connectivity index (χ2v) is 5.66. The number of para-hydroxylation sites is 1. The first-order chi connectivity index (χ1) is 10.3. The van der Waals surface area contributed by atoms with Crippen molar-refractivity contribution in [1.82, 2.24) is 4.57 Å². The lowest BCUT2D eigenvalue weighted by atomic mass is 9.97. The molecule has 1 aromatic heterocycles. The summed E-state index contributed by atoms with van der Waals surface area (Å²) in [5.41, 5.74) is 3.32. The zero-order valence-electron chi connectivity index (χ0n) is 12.5. The highest BCUT2D eigenvalue weighted by Gasteiger charge is 2.28. The summed E-state index contributed by atoms with van der Waals surface area (Å²) in [5.74, 6) is 0.450. The molecule has 1 aliphatic rings. The molecule has 2 aromatic rings. The van der Waals surface area contributed by atoms with Crippen molar-refractivity contribution in [2.75, 3.05) is 7.11 Å². The Kier molecular flexibility index (Phi) is 3.82. The zero-order chi connectivity index (χ0) is 14.8. The van der Waals surface area contributed by atoms with Crippen LogP contribution >= 0.6 is 0 Å². The largest absolute Gasteiger partial charge is 0.452 e. The Morgan fingerprint density at radius 3 is 2.76 bits per heavy atom. The number of fused-ring (bicyclic) bond motifs is 1. The molecule has 0 saturated heterocycles. The van der Waals surface area contributed by atoms with E-state index < -0.39 is 0 Å². The van der Waals surface area contributed by atoms with Crippen LogP contribution in [0.25, 0.3) is 10.9 Å². The van der Waals surface area contributed by atoms with E-state index in [-0.39, 0.29) is 6.09 Å². The summed E-state index contributed by atoms with van der Waals surface area (Å²) in [4.78, 5) is 12.3. The lowest BCUT2D eigenvalue weighted by molar-refractivity contribution is 0.173. The van der Waals surface area contributed by atoms with Crippen molar-refractivity contribution in [2.45, 2.75) is 38.0 Å². The molecule has 0 atom stereocenters. The predicted octanol–water partition coefficient (Wildman–Crippen LogP) is 4.64. The number of nitrogens with zero attached hydrogens (tertiary/aromatic N) is 1. The Morgan fingerprint density at radius 1 is 1.38 bits per heavy atom. The van der Waals surface area contributed by atoms with Crippen molar-refractivity contribution in [3.63, 3.8) is 0 Å². The fourth-order valence-corrected chi connectivity index (χ4v) is 3.60. The van der Waals surface area contributed by atoms with Gasteiger partial charge >= 0.3 is 6.09 Å². The van der Waals surface area contributed by atoms with E-state index in [2.05, 4.69) is 12.6 Å². The summed E-state index contributed by atoms with van der Waals surface area (Å²) in [6.07, 6.45) is 7.19. The highest BCUT2D eigenvalue weighted by atomic mass is 16.5. The normalized spacial score (nSPS) is 15.5. The smallest absolute Gasteiger partial charge is 0.418 e. The van der Waals surface area contributed by atoms with Crippen LogP contribution in [0.3, 0.4) is 0 Å². The highest BCUT2D eigenvalue weighted by molar-refractivity contribution is 5.94. The van der Waals surface area contributed by atoms with Crippen LogP contribution in [0.15, 0.2) is 36.9 Å². The van der Waals surface area contributed by atoms with Crippen molar-refractivity contribution in [3.05, 3.63) is 48.2 Å². The van der Waals surface area contributed by atoms with E-state index >= 15 is 0 Å². The van der Waals surface area contributed by atoms with Crippen molar-refractivity contribution in [3.8, 4) is 0 Å². The van der Waals surface area contributed by atoms with Gasteiger partial charge in [0.25, 0.3) is 0 Å². The molecular formula is C18H21NO2. The van der Waals surface area contributed by atoms with Crippen LogP contribution in [-0.4, -0.2) is 17.8 Å². The monoisotopic (exact) mass is 283 g/mol. The number of hydrogen-bond acceptors (Lipinski definition) is 2. The number of aromatic nitrogens is 1. The second kappa shape index (κ2) is 5.76. The van der Waals surface area contributed by atoms with Gasteiger partial charge in [-0.2, -0.15) is 0 Å². The highest BCUT2D eigenvalue weighted by Crippen LogP contribution is 2.40. The molecule has 0 bridgehead atoms. The zero-order valence-corrected chi connectivity index (χ0v) is 12.5. The number of allylic oxidation sites excluding steroid dienone is 1. The number of methoxy groups -OCH3 is 1. The maximum atomic E-state index is 12.3. The molecule has 1 aliphatic carbocycles. The Hall–Kier alpha value is -2.03. The van der Waals surface area contributed by atoms with Gasteiger partial charge in [-0.25, -0.2) is 9.36 Å². The fourth-order valence-electron chi connectivity index (χ4n) is 3.60. The molecule has 0 radical (unpaired) electrons. The first kappa shape index (κ1) is 13.9. The molecule has 3 nitrogen and oxygen atoms in total. The van der Waals surface area contributed by atoms with Gasteiger partial charge in [-0.1, -0.05) is 37.1 Å². The molecule has 0 N–H and O–H groups in total. The summed E-state index contributed by atoms with van der Waals surface area (Å²) < 4.78 is 6.82. The molecule has 0 unspecified atom stereocenters. The minimum absolute atomic E-state index is 0.289. The third-order valence-corrected chi connectivity index (χ3v) is 4.47. The van der Waals surface area contributed by atoms with Gasteiger partial charge in [0.1, 0.15) is 0 Å². The van der Waals surface area contributed by atoms with Gasteiger partial charge in [-0.05, 0) is 30.9 Å². The van der Waals surface area contributed by atoms with Gasteiger partial charge in [0.15, 0.2) is 0 Å². The SMILES string of the molecule is C=CCc1c(C2CCCC2)n(C(=O)OC)c2ccccc12. The summed E-state index contributed by atoms with van der Waals surface area (Å²) in [7, 11) is 1.45. The van der Waals surface area contributed by atoms with E-state index in [0.29, 0.717) is 5.92 Å². The average molecular weight is 283 g/mol. The number of carbonyl (C=O) groups excluding carboxylic acids is 1. The molecule has 1 aromatic carbocycles. The van der Waals surface area contributed by atoms with E-state index in [4.69, 9.17) is 4.74 Å². The van der Waals surface area contributed by atoms with Crippen molar-refractivity contribution in [2.24, 2.45) is 0 Å². The molecular weight excluding hydrogens is 262 g/mol. The minimum Gasteiger partial charge on any atom is -0.452 e.